The normalized spacial score (nSPS) is 12.9. The van der Waals surface area contributed by atoms with Gasteiger partial charge in [0.1, 0.15) is 12.4 Å². The molecule has 1 heterocycles. The van der Waals surface area contributed by atoms with Crippen molar-refractivity contribution in [2.45, 2.75) is 58.3 Å². The van der Waals surface area contributed by atoms with Gasteiger partial charge >= 0.3 is 5.97 Å². The van der Waals surface area contributed by atoms with Crippen molar-refractivity contribution < 1.29 is 33.6 Å². The maximum Gasteiger partial charge on any atom is 0.308 e. The van der Waals surface area contributed by atoms with Gasteiger partial charge in [0.25, 0.3) is 0 Å². The summed E-state index contributed by atoms with van der Waals surface area (Å²) in [7, 11) is 1.56. The average molecular weight is 538 g/mol. The van der Waals surface area contributed by atoms with Crippen molar-refractivity contribution in [2.24, 2.45) is 0 Å². The van der Waals surface area contributed by atoms with Crippen LogP contribution in [0.2, 0.25) is 0 Å². The molecule has 2 atom stereocenters. The number of aliphatic hydroxyl groups is 2. The van der Waals surface area contributed by atoms with E-state index in [9.17, 15) is 19.4 Å². The van der Waals surface area contributed by atoms with Crippen LogP contribution in [-0.2, 0) is 16.1 Å². The highest BCUT2D eigenvalue weighted by molar-refractivity contribution is 5.85. The van der Waals surface area contributed by atoms with E-state index in [-0.39, 0.29) is 37.8 Å². The van der Waals surface area contributed by atoms with Crippen LogP contribution >= 0.6 is 0 Å². The number of ether oxygens (including phenoxy) is 3. The topological polar surface area (TPSA) is 98.1 Å². The van der Waals surface area contributed by atoms with Crippen LogP contribution in [0, 0.1) is 5.82 Å². The van der Waals surface area contributed by atoms with Gasteiger partial charge in [0.05, 0.1) is 38.0 Å². The highest BCUT2D eigenvalue weighted by Crippen LogP contribution is 2.45. The number of methoxy groups -OCH3 is 1. The van der Waals surface area contributed by atoms with Crippen molar-refractivity contribution in [3.63, 3.8) is 0 Å². The van der Waals surface area contributed by atoms with Gasteiger partial charge < -0.3 is 24.4 Å². The maximum absolute atomic E-state index is 13.9. The summed E-state index contributed by atoms with van der Waals surface area (Å²) in [5.74, 6) is 0.137. The molecule has 7 nitrogen and oxygen atoms in total. The van der Waals surface area contributed by atoms with Gasteiger partial charge in [-0.05, 0) is 59.9 Å². The lowest BCUT2D eigenvalue weighted by Gasteiger charge is -2.23. The molecule has 0 saturated heterocycles. The summed E-state index contributed by atoms with van der Waals surface area (Å²) in [4.78, 5) is 16.0. The van der Waals surface area contributed by atoms with Crippen LogP contribution in [0.4, 0.5) is 4.39 Å². The van der Waals surface area contributed by atoms with E-state index >= 15 is 0 Å². The number of hydrogen-bond acceptors (Lipinski definition) is 7. The van der Waals surface area contributed by atoms with Crippen molar-refractivity contribution in [1.29, 1.82) is 0 Å². The van der Waals surface area contributed by atoms with Gasteiger partial charge in [-0.1, -0.05) is 44.2 Å². The molecule has 0 aliphatic heterocycles. The zero-order valence-electron chi connectivity index (χ0n) is 22.8. The Morgan fingerprint density at radius 3 is 2.49 bits per heavy atom. The molecule has 0 bridgehead atoms. The Morgan fingerprint density at radius 2 is 1.87 bits per heavy atom. The molecule has 2 aromatic carbocycles. The van der Waals surface area contributed by atoms with E-state index < -0.39 is 18.2 Å². The SMILES string of the molecule is CCOC(=O)CC(O)CC(O)C=Cc1c(C(C)C)cc(OC)c(OCc2ccccn2)c1-c1ccc(F)cc1. The fourth-order valence-electron chi connectivity index (χ4n) is 4.22. The molecular weight excluding hydrogens is 501 g/mol. The van der Waals surface area contributed by atoms with Crippen LogP contribution in [-0.4, -0.2) is 47.1 Å². The second-order valence-electron chi connectivity index (χ2n) is 9.38. The first-order chi connectivity index (χ1) is 18.7. The number of hydrogen-bond donors (Lipinski definition) is 2. The van der Waals surface area contributed by atoms with Gasteiger partial charge in [0.15, 0.2) is 11.5 Å². The monoisotopic (exact) mass is 537 g/mol. The minimum Gasteiger partial charge on any atom is -0.493 e. The number of esters is 1. The third kappa shape index (κ3) is 8.37. The second kappa shape index (κ2) is 14.4. The number of aliphatic hydroxyl groups excluding tert-OH is 2. The summed E-state index contributed by atoms with van der Waals surface area (Å²) >= 11 is 0. The number of benzene rings is 2. The average Bonchev–Trinajstić information content (AvgIpc) is 2.91. The molecule has 39 heavy (non-hydrogen) atoms. The molecule has 208 valence electrons. The summed E-state index contributed by atoms with van der Waals surface area (Å²) in [6.45, 7) is 6.16. The standard InChI is InChI=1S/C31H36FNO6/c1-5-38-29(36)17-25(35)16-24(34)13-14-26-27(20(2)3)18-28(37-4)31(39-19-23-8-6-7-15-33-23)30(26)21-9-11-22(32)12-10-21/h6-15,18,20,24-25,34-35H,5,16-17,19H2,1-4H3. The molecule has 0 fully saturated rings. The Labute approximate surface area is 228 Å². The fraction of sp³-hybridized carbons (Fsp3) is 0.355. The molecule has 3 rings (SSSR count). The van der Waals surface area contributed by atoms with Crippen molar-refractivity contribution in [1.82, 2.24) is 4.98 Å². The van der Waals surface area contributed by atoms with Crippen LogP contribution in [0.15, 0.2) is 60.8 Å². The molecule has 3 aromatic rings. The first-order valence-corrected chi connectivity index (χ1v) is 13.0. The lowest BCUT2D eigenvalue weighted by molar-refractivity contribution is -0.145. The molecule has 8 heteroatoms. The largest absolute Gasteiger partial charge is 0.493 e. The minimum atomic E-state index is -1.06. The van der Waals surface area contributed by atoms with Crippen molar-refractivity contribution in [3.8, 4) is 22.6 Å². The van der Waals surface area contributed by atoms with Crippen molar-refractivity contribution in [2.75, 3.05) is 13.7 Å². The lowest BCUT2D eigenvalue weighted by atomic mass is 9.88. The Hall–Kier alpha value is -3.75. The number of nitrogens with zero attached hydrogens (tertiary/aromatic N) is 1. The lowest BCUT2D eigenvalue weighted by Crippen LogP contribution is -2.20. The second-order valence-corrected chi connectivity index (χ2v) is 9.38. The van der Waals surface area contributed by atoms with Gasteiger partial charge in [-0.25, -0.2) is 4.39 Å². The maximum atomic E-state index is 13.9. The highest BCUT2D eigenvalue weighted by atomic mass is 19.1. The summed E-state index contributed by atoms with van der Waals surface area (Å²) < 4.78 is 30.8. The van der Waals surface area contributed by atoms with Gasteiger partial charge in [0.2, 0.25) is 0 Å². The van der Waals surface area contributed by atoms with E-state index in [1.54, 1.807) is 44.5 Å². The fourth-order valence-corrected chi connectivity index (χ4v) is 4.22. The predicted octanol–water partition coefficient (Wildman–Crippen LogP) is 5.68. The van der Waals surface area contributed by atoms with Crippen molar-refractivity contribution in [3.05, 3.63) is 83.4 Å². The number of pyridine rings is 1. The Bertz CT molecular complexity index is 1240. The molecular formula is C31H36FNO6. The molecule has 0 saturated carbocycles. The number of halogens is 1. The molecule has 0 spiro atoms. The highest BCUT2D eigenvalue weighted by Gasteiger charge is 2.23. The zero-order valence-corrected chi connectivity index (χ0v) is 22.8. The van der Waals surface area contributed by atoms with Crippen molar-refractivity contribution >= 4 is 12.0 Å². The molecule has 0 aliphatic rings. The first kappa shape index (κ1) is 29.8. The predicted molar refractivity (Wildman–Crippen MR) is 148 cm³/mol. The first-order valence-electron chi connectivity index (χ1n) is 13.0. The summed E-state index contributed by atoms with van der Waals surface area (Å²) in [6, 6.07) is 13.5. The third-order valence-corrected chi connectivity index (χ3v) is 6.09. The van der Waals surface area contributed by atoms with Crippen LogP contribution in [0.1, 0.15) is 56.4 Å². The van der Waals surface area contributed by atoms with Crippen LogP contribution in [0.5, 0.6) is 11.5 Å². The smallest absolute Gasteiger partial charge is 0.308 e. The van der Waals surface area contributed by atoms with Gasteiger partial charge in [-0.15, -0.1) is 0 Å². The van der Waals surface area contributed by atoms with E-state index in [2.05, 4.69) is 4.98 Å². The molecule has 0 amide bonds. The molecule has 0 aliphatic carbocycles. The van der Waals surface area contributed by atoms with E-state index in [4.69, 9.17) is 14.2 Å². The quantitative estimate of drug-likeness (QED) is 0.271. The van der Waals surface area contributed by atoms with E-state index in [0.29, 0.717) is 22.6 Å². The van der Waals surface area contributed by atoms with Crippen LogP contribution in [0.25, 0.3) is 17.2 Å². The van der Waals surface area contributed by atoms with Gasteiger partial charge in [-0.2, -0.15) is 0 Å². The minimum absolute atomic E-state index is 0.0442. The number of rotatable bonds is 13. The van der Waals surface area contributed by atoms with E-state index in [1.807, 2.05) is 38.1 Å². The van der Waals surface area contributed by atoms with E-state index in [0.717, 1.165) is 16.8 Å². The summed E-state index contributed by atoms with van der Waals surface area (Å²) in [5, 5.41) is 20.9. The molecule has 1 aromatic heterocycles. The summed E-state index contributed by atoms with van der Waals surface area (Å²) in [6.07, 6.45) is 2.68. The van der Waals surface area contributed by atoms with Gasteiger partial charge in [0, 0.05) is 18.2 Å². The number of carbonyl (C=O) groups is 1. The Balaban J connectivity index is 2.06. The zero-order chi connectivity index (χ0) is 28.4. The Morgan fingerprint density at radius 1 is 1.13 bits per heavy atom. The Kier molecular flexibility index (Phi) is 11.0. The molecule has 2 N–H and O–H groups in total. The van der Waals surface area contributed by atoms with Gasteiger partial charge in [-0.3, -0.25) is 9.78 Å². The van der Waals surface area contributed by atoms with Crippen LogP contribution < -0.4 is 9.47 Å². The van der Waals surface area contributed by atoms with E-state index in [1.165, 1.54) is 12.1 Å². The van der Waals surface area contributed by atoms with Crippen LogP contribution in [0.3, 0.4) is 0 Å². The number of carbonyl (C=O) groups excluding carboxylic acids is 1. The molecule has 0 radical (unpaired) electrons. The summed E-state index contributed by atoms with van der Waals surface area (Å²) in [5.41, 5.74) is 3.77. The third-order valence-electron chi connectivity index (χ3n) is 6.09. The molecule has 2 unspecified atom stereocenters. The number of aromatic nitrogens is 1.